The molecule has 0 radical (unpaired) electrons. The third-order valence-corrected chi connectivity index (χ3v) is 5.25. The van der Waals surface area contributed by atoms with Crippen LogP contribution in [0.5, 0.6) is 0 Å². The molecule has 0 unspecified atom stereocenters. The fraction of sp³-hybridized carbons (Fsp3) is 0. The Kier molecular flexibility index (Phi) is 4.92. The van der Waals surface area contributed by atoms with E-state index in [9.17, 15) is 4.79 Å². The van der Waals surface area contributed by atoms with E-state index in [-0.39, 0.29) is 11.0 Å². The summed E-state index contributed by atoms with van der Waals surface area (Å²) in [5.41, 5.74) is 2.24. The van der Waals surface area contributed by atoms with Crippen molar-refractivity contribution in [3.63, 3.8) is 0 Å². The minimum Gasteiger partial charge on any atom is -0.332 e. The highest BCUT2D eigenvalue weighted by atomic mass is 79.9. The van der Waals surface area contributed by atoms with Gasteiger partial charge in [0.25, 0.3) is 5.91 Å². The first-order chi connectivity index (χ1) is 13.1. The zero-order valence-corrected chi connectivity index (χ0v) is 16.8. The van der Waals surface area contributed by atoms with Crippen LogP contribution in [0.4, 0.5) is 5.69 Å². The summed E-state index contributed by atoms with van der Waals surface area (Å²) < 4.78 is 2.47. The number of benzene rings is 2. The largest absolute Gasteiger partial charge is 0.332 e. The van der Waals surface area contributed by atoms with Crippen LogP contribution in [0.1, 0.15) is 10.4 Å². The number of amides is 1. The molecule has 10 heteroatoms. The van der Waals surface area contributed by atoms with Crippen molar-refractivity contribution in [3.8, 4) is 10.6 Å². The fourth-order valence-electron chi connectivity index (χ4n) is 2.34. The molecule has 0 aliphatic carbocycles. The highest BCUT2D eigenvalue weighted by Gasteiger charge is 2.10. The summed E-state index contributed by atoms with van der Waals surface area (Å²) in [4.78, 5) is 13.0. The highest BCUT2D eigenvalue weighted by Crippen LogP contribution is 2.25. The molecule has 0 saturated carbocycles. The number of hydrogen-bond acceptors (Lipinski definition) is 6. The topological polar surface area (TPSA) is 84.2 Å². The van der Waals surface area contributed by atoms with Gasteiger partial charge in [0.15, 0.2) is 5.11 Å². The van der Waals surface area contributed by atoms with Crippen molar-refractivity contribution >= 4 is 61.2 Å². The van der Waals surface area contributed by atoms with Gasteiger partial charge < -0.3 is 5.32 Å². The van der Waals surface area contributed by atoms with Crippen LogP contribution in [-0.4, -0.2) is 30.8 Å². The Morgan fingerprint density at radius 2 is 2.00 bits per heavy atom. The Morgan fingerprint density at radius 3 is 2.74 bits per heavy atom. The molecule has 4 rings (SSSR count). The Morgan fingerprint density at radius 1 is 1.19 bits per heavy atom. The zero-order chi connectivity index (χ0) is 18.8. The van der Waals surface area contributed by atoms with Crippen molar-refractivity contribution in [2.45, 2.75) is 0 Å². The van der Waals surface area contributed by atoms with E-state index in [0.29, 0.717) is 5.56 Å². The Balaban J connectivity index is 1.41. The Labute approximate surface area is 171 Å². The number of carbonyl (C=O) groups excluding carboxylic acids is 1. The molecule has 0 fully saturated rings. The maximum atomic E-state index is 12.2. The SMILES string of the molecule is O=C(NC(=S)Nc1ccc(-c2nn3cnnc3s2)cc1)c1cccc(Br)c1. The predicted molar refractivity (Wildman–Crippen MR) is 112 cm³/mol. The van der Waals surface area contributed by atoms with Gasteiger partial charge in [0.05, 0.1) is 0 Å². The lowest BCUT2D eigenvalue weighted by molar-refractivity contribution is 0.0977. The van der Waals surface area contributed by atoms with Crippen LogP contribution < -0.4 is 10.6 Å². The van der Waals surface area contributed by atoms with Gasteiger partial charge in [-0.15, -0.1) is 10.2 Å². The molecule has 0 saturated heterocycles. The minimum absolute atomic E-state index is 0.228. The Hall–Kier alpha value is -2.69. The van der Waals surface area contributed by atoms with Gasteiger partial charge in [0, 0.05) is 21.3 Å². The number of carbonyl (C=O) groups is 1. The van der Waals surface area contributed by atoms with Crippen LogP contribution in [0.3, 0.4) is 0 Å². The number of anilines is 1. The first-order valence-corrected chi connectivity index (χ1v) is 9.75. The van der Waals surface area contributed by atoms with Gasteiger partial charge in [-0.1, -0.05) is 33.3 Å². The highest BCUT2D eigenvalue weighted by molar-refractivity contribution is 9.10. The zero-order valence-electron chi connectivity index (χ0n) is 13.6. The van der Waals surface area contributed by atoms with Gasteiger partial charge in [0.1, 0.15) is 11.3 Å². The van der Waals surface area contributed by atoms with Gasteiger partial charge in [-0.25, -0.2) is 0 Å². The van der Waals surface area contributed by atoms with Gasteiger partial charge in [0.2, 0.25) is 4.96 Å². The first kappa shape index (κ1) is 17.7. The molecule has 1 amide bonds. The van der Waals surface area contributed by atoms with Gasteiger partial charge in [-0.3, -0.25) is 10.1 Å². The number of thiocarbonyl (C=S) groups is 1. The van der Waals surface area contributed by atoms with Crippen LogP contribution >= 0.6 is 39.5 Å². The summed E-state index contributed by atoms with van der Waals surface area (Å²) in [7, 11) is 0. The number of hydrogen-bond donors (Lipinski definition) is 2. The van der Waals surface area contributed by atoms with Crippen LogP contribution in [0.15, 0.2) is 59.3 Å². The predicted octanol–water partition coefficient (Wildman–Crippen LogP) is 3.74. The van der Waals surface area contributed by atoms with E-state index < -0.39 is 0 Å². The van der Waals surface area contributed by atoms with Crippen molar-refractivity contribution in [3.05, 3.63) is 64.9 Å². The van der Waals surface area contributed by atoms with Crippen LogP contribution in [-0.2, 0) is 0 Å². The molecule has 2 aromatic heterocycles. The quantitative estimate of drug-likeness (QED) is 0.454. The van der Waals surface area contributed by atoms with Gasteiger partial charge >= 0.3 is 0 Å². The second-order valence-electron chi connectivity index (χ2n) is 5.46. The second-order valence-corrected chi connectivity index (χ2v) is 7.74. The third kappa shape index (κ3) is 4.02. The molecule has 4 aromatic rings. The summed E-state index contributed by atoms with van der Waals surface area (Å²) >= 11 is 10.0. The van der Waals surface area contributed by atoms with E-state index in [1.54, 1.807) is 29.0 Å². The maximum Gasteiger partial charge on any atom is 0.257 e. The summed E-state index contributed by atoms with van der Waals surface area (Å²) in [6, 6.07) is 14.7. The normalized spacial score (nSPS) is 10.7. The van der Waals surface area contributed by atoms with Crippen LogP contribution in [0, 0.1) is 0 Å². The molecule has 2 aromatic carbocycles. The van der Waals surface area contributed by atoms with Crippen molar-refractivity contribution in [2.24, 2.45) is 0 Å². The third-order valence-electron chi connectivity index (χ3n) is 3.59. The number of rotatable bonds is 3. The summed E-state index contributed by atoms with van der Waals surface area (Å²) in [6.45, 7) is 0. The second kappa shape index (κ2) is 7.51. The van der Waals surface area contributed by atoms with E-state index in [1.165, 1.54) is 11.3 Å². The van der Waals surface area contributed by atoms with Crippen molar-refractivity contribution in [1.82, 2.24) is 25.1 Å². The van der Waals surface area contributed by atoms with E-state index in [2.05, 4.69) is 41.9 Å². The standard InChI is InChI=1S/C17H11BrN6OS2/c18-12-3-1-2-11(8-12)14(25)21-16(26)20-13-6-4-10(5-7-13)15-23-24-9-19-22-17(24)27-15/h1-9H,(H2,20,21,25,26). The molecular formula is C17H11BrN6OS2. The number of halogens is 1. The van der Waals surface area contributed by atoms with E-state index >= 15 is 0 Å². The molecule has 2 N–H and O–H groups in total. The van der Waals surface area contributed by atoms with E-state index in [4.69, 9.17) is 12.2 Å². The number of fused-ring (bicyclic) bond motifs is 1. The van der Waals surface area contributed by atoms with Crippen molar-refractivity contribution in [1.29, 1.82) is 0 Å². The molecule has 27 heavy (non-hydrogen) atoms. The maximum absolute atomic E-state index is 12.2. The van der Waals surface area contributed by atoms with Crippen LogP contribution in [0.25, 0.3) is 15.5 Å². The molecule has 134 valence electrons. The molecule has 7 nitrogen and oxygen atoms in total. The smallest absolute Gasteiger partial charge is 0.257 e. The average molecular weight is 459 g/mol. The number of nitrogens with one attached hydrogen (secondary N) is 2. The van der Waals surface area contributed by atoms with Crippen molar-refractivity contribution < 1.29 is 4.79 Å². The molecular weight excluding hydrogens is 448 g/mol. The van der Waals surface area contributed by atoms with Crippen LogP contribution in [0.2, 0.25) is 0 Å². The molecule has 2 heterocycles. The van der Waals surface area contributed by atoms with Crippen molar-refractivity contribution in [2.75, 3.05) is 5.32 Å². The molecule has 0 aliphatic rings. The molecule has 0 bridgehead atoms. The average Bonchev–Trinajstić information content (AvgIpc) is 3.24. The lowest BCUT2D eigenvalue weighted by atomic mass is 10.2. The Bertz CT molecular complexity index is 1110. The van der Waals surface area contributed by atoms with E-state index in [1.807, 2.05) is 30.3 Å². The number of nitrogens with zero attached hydrogens (tertiary/aromatic N) is 4. The van der Waals surface area contributed by atoms with E-state index in [0.717, 1.165) is 25.7 Å². The fourth-order valence-corrected chi connectivity index (χ4v) is 3.77. The molecule has 0 atom stereocenters. The first-order valence-electron chi connectivity index (χ1n) is 7.74. The molecule has 0 spiro atoms. The minimum atomic E-state index is -0.273. The molecule has 0 aliphatic heterocycles. The summed E-state index contributed by atoms with van der Waals surface area (Å²) in [5, 5.41) is 18.9. The lowest BCUT2D eigenvalue weighted by Gasteiger charge is -2.10. The summed E-state index contributed by atoms with van der Waals surface area (Å²) in [5.74, 6) is -0.273. The number of aromatic nitrogens is 4. The monoisotopic (exact) mass is 458 g/mol. The lowest BCUT2D eigenvalue weighted by Crippen LogP contribution is -2.34. The van der Waals surface area contributed by atoms with Gasteiger partial charge in [-0.05, 0) is 54.7 Å². The summed E-state index contributed by atoms with van der Waals surface area (Å²) in [6.07, 6.45) is 1.57. The van der Waals surface area contributed by atoms with Gasteiger partial charge in [-0.2, -0.15) is 9.61 Å².